The largest absolute Gasteiger partial charge is 0.493 e. The van der Waals surface area contributed by atoms with Crippen LogP contribution in [0, 0.1) is 6.92 Å². The highest BCUT2D eigenvalue weighted by Gasteiger charge is 2.22. The third-order valence-electron chi connectivity index (χ3n) is 6.01. The summed E-state index contributed by atoms with van der Waals surface area (Å²) in [5.74, 6) is 1.38. The molecule has 1 amide bonds. The van der Waals surface area contributed by atoms with Gasteiger partial charge in [-0.3, -0.25) is 9.52 Å². The minimum absolute atomic E-state index is 0.0389. The maximum atomic E-state index is 13.1. The maximum absolute atomic E-state index is 13.1. The molecule has 10 heteroatoms. The zero-order valence-electron chi connectivity index (χ0n) is 23.0. The molecular weight excluding hydrogens is 494 g/mol. The molecule has 2 rings (SSSR count). The highest BCUT2D eigenvalue weighted by molar-refractivity contribution is 7.92. The van der Waals surface area contributed by atoms with Crippen LogP contribution in [-0.4, -0.2) is 73.0 Å². The standard InChI is InChI=1S/C27H41N3O6S/c1-8-12-30(13-9-2)18-22(21-15-24(34-4)26(36-6)25(16-21)35-5)17-28-27(31)20-10-11-23(19(3)14-20)29-37(7,32)33/h10-11,14-16,22,29H,8-9,12-13,17-18H2,1-7H3,(H,28,31). The Labute approximate surface area is 221 Å². The van der Waals surface area contributed by atoms with Gasteiger partial charge in [-0.15, -0.1) is 0 Å². The molecule has 0 heterocycles. The number of anilines is 1. The van der Waals surface area contributed by atoms with Gasteiger partial charge in [0.1, 0.15) is 0 Å². The Hall–Kier alpha value is -2.98. The van der Waals surface area contributed by atoms with E-state index in [0.29, 0.717) is 40.6 Å². The second kappa shape index (κ2) is 14.1. The zero-order chi connectivity index (χ0) is 27.6. The SMILES string of the molecule is CCCN(CCC)CC(CNC(=O)c1ccc(NS(C)(=O)=O)c(C)c1)c1cc(OC)c(OC)c(OC)c1. The van der Waals surface area contributed by atoms with E-state index >= 15 is 0 Å². The van der Waals surface area contributed by atoms with Crippen LogP contribution < -0.4 is 24.2 Å². The van der Waals surface area contributed by atoms with E-state index in [0.717, 1.165) is 44.3 Å². The number of rotatable bonds is 15. The van der Waals surface area contributed by atoms with Crippen molar-refractivity contribution in [2.45, 2.75) is 39.5 Å². The van der Waals surface area contributed by atoms with Crippen LogP contribution in [0.25, 0.3) is 0 Å². The van der Waals surface area contributed by atoms with E-state index in [9.17, 15) is 13.2 Å². The van der Waals surface area contributed by atoms with E-state index in [4.69, 9.17) is 14.2 Å². The Bertz CT molecular complexity index is 1120. The number of hydrogen-bond donors (Lipinski definition) is 2. The first-order chi connectivity index (χ1) is 17.6. The smallest absolute Gasteiger partial charge is 0.251 e. The summed E-state index contributed by atoms with van der Waals surface area (Å²) >= 11 is 0. The second-order valence-electron chi connectivity index (χ2n) is 9.07. The van der Waals surface area contributed by atoms with Crippen molar-refractivity contribution in [2.75, 3.05) is 58.5 Å². The van der Waals surface area contributed by atoms with Gasteiger partial charge in [-0.05, 0) is 74.3 Å². The summed E-state index contributed by atoms with van der Waals surface area (Å²) in [6.45, 7) is 9.12. The van der Waals surface area contributed by atoms with E-state index in [1.807, 2.05) is 12.1 Å². The highest BCUT2D eigenvalue weighted by atomic mass is 32.2. The normalized spacial score (nSPS) is 12.2. The number of benzene rings is 2. The molecule has 0 fully saturated rings. The van der Waals surface area contributed by atoms with Gasteiger partial charge in [-0.1, -0.05) is 13.8 Å². The second-order valence-corrected chi connectivity index (χ2v) is 10.8. The van der Waals surface area contributed by atoms with Crippen molar-refractivity contribution in [3.05, 3.63) is 47.0 Å². The molecule has 0 bridgehead atoms. The molecule has 0 aliphatic heterocycles. The first-order valence-electron chi connectivity index (χ1n) is 12.5. The third-order valence-corrected chi connectivity index (χ3v) is 6.60. The molecule has 0 radical (unpaired) electrons. The summed E-state index contributed by atoms with van der Waals surface area (Å²) in [5, 5.41) is 3.07. The molecule has 0 aromatic heterocycles. The van der Waals surface area contributed by atoms with Crippen LogP contribution in [0.15, 0.2) is 30.3 Å². The van der Waals surface area contributed by atoms with Gasteiger partial charge in [0.25, 0.3) is 5.91 Å². The molecule has 0 aliphatic carbocycles. The van der Waals surface area contributed by atoms with Crippen molar-refractivity contribution in [1.29, 1.82) is 0 Å². The van der Waals surface area contributed by atoms with Crippen LogP contribution in [-0.2, 0) is 10.0 Å². The molecule has 206 valence electrons. The van der Waals surface area contributed by atoms with Gasteiger partial charge in [0.05, 0.1) is 33.3 Å². The molecule has 0 saturated heterocycles. The number of amides is 1. The van der Waals surface area contributed by atoms with Crippen LogP contribution in [0.1, 0.15) is 54.1 Å². The number of carbonyl (C=O) groups excluding carboxylic acids is 1. The van der Waals surface area contributed by atoms with Crippen LogP contribution in [0.4, 0.5) is 5.69 Å². The van der Waals surface area contributed by atoms with E-state index in [-0.39, 0.29) is 11.8 Å². The Balaban J connectivity index is 2.34. The van der Waals surface area contributed by atoms with Crippen molar-refractivity contribution in [1.82, 2.24) is 10.2 Å². The number of carbonyl (C=O) groups is 1. The van der Waals surface area contributed by atoms with Crippen molar-refractivity contribution in [2.24, 2.45) is 0 Å². The first-order valence-corrected chi connectivity index (χ1v) is 14.3. The summed E-state index contributed by atoms with van der Waals surface area (Å²) in [7, 11) is 1.34. The van der Waals surface area contributed by atoms with Crippen LogP contribution in [0.2, 0.25) is 0 Å². The van der Waals surface area contributed by atoms with E-state index in [1.165, 1.54) is 0 Å². The maximum Gasteiger partial charge on any atom is 0.251 e. The average molecular weight is 536 g/mol. The number of aryl methyl sites for hydroxylation is 1. The fraction of sp³-hybridized carbons (Fsp3) is 0.519. The van der Waals surface area contributed by atoms with Gasteiger partial charge in [0.2, 0.25) is 15.8 Å². The Morgan fingerprint density at radius 3 is 2.03 bits per heavy atom. The summed E-state index contributed by atoms with van der Waals surface area (Å²) in [6.07, 6.45) is 3.15. The predicted octanol–water partition coefficient (Wildman–Crippen LogP) is 4.03. The summed E-state index contributed by atoms with van der Waals surface area (Å²) < 4.78 is 42.2. The summed E-state index contributed by atoms with van der Waals surface area (Å²) in [4.78, 5) is 15.5. The van der Waals surface area contributed by atoms with Crippen molar-refractivity contribution >= 4 is 21.6 Å². The number of methoxy groups -OCH3 is 3. The molecule has 2 aromatic carbocycles. The van der Waals surface area contributed by atoms with E-state index < -0.39 is 10.0 Å². The van der Waals surface area contributed by atoms with Crippen LogP contribution in [0.3, 0.4) is 0 Å². The lowest BCUT2D eigenvalue weighted by Gasteiger charge is -2.28. The highest BCUT2D eigenvalue weighted by Crippen LogP contribution is 2.40. The molecule has 37 heavy (non-hydrogen) atoms. The Morgan fingerprint density at radius 1 is 0.973 bits per heavy atom. The van der Waals surface area contributed by atoms with Gasteiger partial charge < -0.3 is 24.4 Å². The summed E-state index contributed by atoms with van der Waals surface area (Å²) in [5.41, 5.74) is 2.54. The number of nitrogens with one attached hydrogen (secondary N) is 2. The predicted molar refractivity (Wildman–Crippen MR) is 148 cm³/mol. The van der Waals surface area contributed by atoms with Gasteiger partial charge >= 0.3 is 0 Å². The molecular formula is C27H41N3O6S. The summed E-state index contributed by atoms with van der Waals surface area (Å²) in [6, 6.07) is 8.77. The van der Waals surface area contributed by atoms with Gasteiger partial charge in [-0.2, -0.15) is 0 Å². The van der Waals surface area contributed by atoms with Crippen molar-refractivity contribution < 1.29 is 27.4 Å². The van der Waals surface area contributed by atoms with Crippen LogP contribution in [0.5, 0.6) is 17.2 Å². The molecule has 1 unspecified atom stereocenters. The molecule has 0 saturated carbocycles. The quantitative estimate of drug-likeness (QED) is 0.355. The fourth-order valence-corrected chi connectivity index (χ4v) is 4.93. The minimum atomic E-state index is -3.41. The topological polar surface area (TPSA) is 106 Å². The number of nitrogens with zero attached hydrogens (tertiary/aromatic N) is 1. The number of hydrogen-bond acceptors (Lipinski definition) is 7. The molecule has 2 aromatic rings. The number of sulfonamides is 1. The fourth-order valence-electron chi connectivity index (χ4n) is 4.30. The zero-order valence-corrected chi connectivity index (χ0v) is 23.8. The monoisotopic (exact) mass is 535 g/mol. The molecule has 0 aliphatic rings. The number of ether oxygens (including phenoxy) is 3. The first kappa shape index (κ1) is 30.2. The van der Waals surface area contributed by atoms with Gasteiger partial charge in [-0.25, -0.2) is 8.42 Å². The molecule has 0 spiro atoms. The van der Waals surface area contributed by atoms with E-state index in [2.05, 4.69) is 28.8 Å². The molecule has 9 nitrogen and oxygen atoms in total. The van der Waals surface area contributed by atoms with Crippen molar-refractivity contribution in [3.63, 3.8) is 0 Å². The van der Waals surface area contributed by atoms with Crippen molar-refractivity contribution in [3.8, 4) is 17.2 Å². The lowest BCUT2D eigenvalue weighted by molar-refractivity contribution is 0.0948. The lowest BCUT2D eigenvalue weighted by Crippen LogP contribution is -2.36. The third kappa shape index (κ3) is 8.82. The Morgan fingerprint density at radius 2 is 1.57 bits per heavy atom. The van der Waals surface area contributed by atoms with E-state index in [1.54, 1.807) is 46.5 Å². The average Bonchev–Trinajstić information content (AvgIpc) is 2.85. The van der Waals surface area contributed by atoms with Crippen LogP contribution >= 0.6 is 0 Å². The Kier molecular flexibility index (Phi) is 11.5. The van der Waals surface area contributed by atoms with Gasteiger partial charge in [0.15, 0.2) is 11.5 Å². The lowest BCUT2D eigenvalue weighted by atomic mass is 9.96. The minimum Gasteiger partial charge on any atom is -0.493 e. The molecule has 2 N–H and O–H groups in total. The van der Waals surface area contributed by atoms with Gasteiger partial charge in [0, 0.05) is 24.6 Å². The molecule has 1 atom stereocenters.